The van der Waals surface area contributed by atoms with E-state index in [9.17, 15) is 4.79 Å². The summed E-state index contributed by atoms with van der Waals surface area (Å²) in [5, 5.41) is 0. The van der Waals surface area contributed by atoms with Gasteiger partial charge in [-0.05, 0) is 26.4 Å². The van der Waals surface area contributed by atoms with Crippen molar-refractivity contribution in [1.29, 1.82) is 0 Å². The Balaban J connectivity index is 3.45. The van der Waals surface area contributed by atoms with Gasteiger partial charge in [0.15, 0.2) is 0 Å². The van der Waals surface area contributed by atoms with Crippen molar-refractivity contribution in [3.8, 4) is 0 Å². The van der Waals surface area contributed by atoms with Gasteiger partial charge in [-0.15, -0.1) is 6.58 Å². The van der Waals surface area contributed by atoms with Gasteiger partial charge >= 0.3 is 0 Å². The van der Waals surface area contributed by atoms with E-state index in [0.717, 1.165) is 25.9 Å². The summed E-state index contributed by atoms with van der Waals surface area (Å²) in [4.78, 5) is 13.6. The zero-order valence-corrected chi connectivity index (χ0v) is 10.5. The average molecular weight is 211 g/mol. The highest BCUT2D eigenvalue weighted by molar-refractivity contribution is 5.80. The molecule has 0 bridgehead atoms. The molecule has 0 saturated heterocycles. The fourth-order valence-electron chi connectivity index (χ4n) is 1.65. The van der Waals surface area contributed by atoms with Gasteiger partial charge in [0.25, 0.3) is 0 Å². The third-order valence-electron chi connectivity index (χ3n) is 2.77. The molecule has 0 unspecified atom stereocenters. The molecule has 0 amide bonds. The Labute approximate surface area is 94.4 Å². The van der Waals surface area contributed by atoms with E-state index in [2.05, 4.69) is 18.5 Å². The zero-order chi connectivity index (χ0) is 11.7. The number of rotatable bonds is 9. The van der Waals surface area contributed by atoms with Crippen LogP contribution in [0.25, 0.3) is 0 Å². The number of carbonyl (C=O) groups excluding carboxylic acids is 1. The topological polar surface area (TPSA) is 20.3 Å². The van der Waals surface area contributed by atoms with Crippen molar-refractivity contribution >= 4 is 5.78 Å². The average Bonchev–Trinajstić information content (AvgIpc) is 2.23. The van der Waals surface area contributed by atoms with Crippen LogP contribution < -0.4 is 0 Å². The standard InChI is InChI=1S/C13H25NO/c1-5-10-14(4)11-8-7-9-12(3)13(15)6-2/h5,12H,1,6-11H2,2-4H3/t12-/m0/s1. The molecule has 2 nitrogen and oxygen atoms in total. The third kappa shape index (κ3) is 7.32. The number of nitrogens with zero attached hydrogens (tertiary/aromatic N) is 1. The summed E-state index contributed by atoms with van der Waals surface area (Å²) < 4.78 is 0. The van der Waals surface area contributed by atoms with E-state index in [4.69, 9.17) is 0 Å². The Morgan fingerprint density at radius 2 is 2.13 bits per heavy atom. The monoisotopic (exact) mass is 211 g/mol. The van der Waals surface area contributed by atoms with Gasteiger partial charge in [0.1, 0.15) is 5.78 Å². The number of likely N-dealkylation sites (N-methyl/N-ethyl adjacent to an activating group) is 1. The molecule has 0 saturated carbocycles. The maximum atomic E-state index is 11.3. The molecule has 0 heterocycles. The molecule has 0 radical (unpaired) electrons. The Morgan fingerprint density at radius 3 is 2.67 bits per heavy atom. The SMILES string of the molecule is C=CCN(C)CCCC[C@H](C)C(=O)CC. The Bertz CT molecular complexity index is 189. The van der Waals surface area contributed by atoms with Gasteiger partial charge in [0.05, 0.1) is 0 Å². The van der Waals surface area contributed by atoms with Crippen LogP contribution in [0.3, 0.4) is 0 Å². The lowest BCUT2D eigenvalue weighted by Gasteiger charge is -2.14. The second kappa shape index (κ2) is 8.66. The van der Waals surface area contributed by atoms with Crippen LogP contribution >= 0.6 is 0 Å². The first-order chi connectivity index (χ1) is 7.11. The van der Waals surface area contributed by atoms with Crippen molar-refractivity contribution in [2.24, 2.45) is 5.92 Å². The highest BCUT2D eigenvalue weighted by Crippen LogP contribution is 2.10. The Kier molecular flexibility index (Phi) is 8.30. The molecule has 0 aliphatic carbocycles. The summed E-state index contributed by atoms with van der Waals surface area (Å²) in [6, 6.07) is 0. The molecule has 1 atom stereocenters. The Morgan fingerprint density at radius 1 is 1.47 bits per heavy atom. The van der Waals surface area contributed by atoms with Crippen LogP contribution in [0.5, 0.6) is 0 Å². The summed E-state index contributed by atoms with van der Waals surface area (Å²) in [6.45, 7) is 9.73. The van der Waals surface area contributed by atoms with Crippen molar-refractivity contribution < 1.29 is 4.79 Å². The number of hydrogen-bond acceptors (Lipinski definition) is 2. The molecular weight excluding hydrogens is 186 g/mol. The van der Waals surface area contributed by atoms with Gasteiger partial charge in [-0.1, -0.05) is 26.3 Å². The molecule has 0 fully saturated rings. The number of unbranched alkanes of at least 4 members (excludes halogenated alkanes) is 1. The minimum Gasteiger partial charge on any atom is -0.303 e. The molecule has 0 aromatic rings. The lowest BCUT2D eigenvalue weighted by atomic mass is 9.98. The summed E-state index contributed by atoms with van der Waals surface area (Å²) in [7, 11) is 2.10. The van der Waals surface area contributed by atoms with E-state index < -0.39 is 0 Å². The predicted molar refractivity (Wildman–Crippen MR) is 66.0 cm³/mol. The van der Waals surface area contributed by atoms with Crippen molar-refractivity contribution in [1.82, 2.24) is 4.90 Å². The number of hydrogen-bond donors (Lipinski definition) is 0. The van der Waals surface area contributed by atoms with Crippen LogP contribution in [0, 0.1) is 5.92 Å². The van der Waals surface area contributed by atoms with Crippen molar-refractivity contribution in [3.05, 3.63) is 12.7 Å². The molecule has 88 valence electrons. The molecule has 0 aliphatic rings. The van der Waals surface area contributed by atoms with E-state index in [0.29, 0.717) is 12.2 Å². The lowest BCUT2D eigenvalue weighted by Crippen LogP contribution is -2.19. The quantitative estimate of drug-likeness (QED) is 0.432. The van der Waals surface area contributed by atoms with Crippen LogP contribution in [-0.2, 0) is 4.79 Å². The van der Waals surface area contributed by atoms with Gasteiger partial charge in [-0.3, -0.25) is 4.79 Å². The summed E-state index contributed by atoms with van der Waals surface area (Å²) in [5.74, 6) is 0.647. The normalized spacial score (nSPS) is 12.8. The first kappa shape index (κ1) is 14.4. The second-order valence-corrected chi connectivity index (χ2v) is 4.27. The van der Waals surface area contributed by atoms with Crippen LogP contribution in [0.2, 0.25) is 0 Å². The van der Waals surface area contributed by atoms with Crippen LogP contribution in [0.15, 0.2) is 12.7 Å². The molecule has 0 rings (SSSR count). The fraction of sp³-hybridized carbons (Fsp3) is 0.769. The van der Waals surface area contributed by atoms with E-state index in [-0.39, 0.29) is 5.92 Å². The maximum Gasteiger partial charge on any atom is 0.135 e. The van der Waals surface area contributed by atoms with Gasteiger partial charge < -0.3 is 4.90 Å². The van der Waals surface area contributed by atoms with Gasteiger partial charge in [-0.2, -0.15) is 0 Å². The number of ketones is 1. The van der Waals surface area contributed by atoms with Crippen LogP contribution in [-0.4, -0.2) is 30.8 Å². The van der Waals surface area contributed by atoms with E-state index in [1.807, 2.05) is 19.9 Å². The molecule has 0 spiro atoms. The van der Waals surface area contributed by atoms with Gasteiger partial charge in [0, 0.05) is 18.9 Å². The van der Waals surface area contributed by atoms with Crippen LogP contribution in [0.4, 0.5) is 0 Å². The molecule has 15 heavy (non-hydrogen) atoms. The van der Waals surface area contributed by atoms with E-state index in [1.54, 1.807) is 0 Å². The molecule has 2 heteroatoms. The fourth-order valence-corrected chi connectivity index (χ4v) is 1.65. The summed E-state index contributed by atoms with van der Waals surface area (Å²) in [5.41, 5.74) is 0. The van der Waals surface area contributed by atoms with Gasteiger partial charge in [0.2, 0.25) is 0 Å². The van der Waals surface area contributed by atoms with E-state index in [1.165, 1.54) is 6.42 Å². The molecular formula is C13H25NO. The number of carbonyl (C=O) groups is 1. The minimum atomic E-state index is 0.250. The summed E-state index contributed by atoms with van der Waals surface area (Å²) in [6.07, 6.45) is 5.95. The summed E-state index contributed by atoms with van der Waals surface area (Å²) >= 11 is 0. The zero-order valence-electron chi connectivity index (χ0n) is 10.5. The Hall–Kier alpha value is -0.630. The highest BCUT2D eigenvalue weighted by Gasteiger charge is 2.09. The highest BCUT2D eigenvalue weighted by atomic mass is 16.1. The minimum absolute atomic E-state index is 0.250. The first-order valence-electron chi connectivity index (χ1n) is 5.94. The van der Waals surface area contributed by atoms with Gasteiger partial charge in [-0.25, -0.2) is 0 Å². The van der Waals surface area contributed by atoms with Crippen molar-refractivity contribution in [3.63, 3.8) is 0 Å². The predicted octanol–water partition coefficient (Wildman–Crippen LogP) is 2.89. The maximum absolute atomic E-state index is 11.3. The third-order valence-corrected chi connectivity index (χ3v) is 2.77. The number of Topliss-reactive ketones (excluding diaryl/α,β-unsaturated/α-hetero) is 1. The molecule has 0 N–H and O–H groups in total. The van der Waals surface area contributed by atoms with Crippen LogP contribution in [0.1, 0.15) is 39.5 Å². The van der Waals surface area contributed by atoms with E-state index >= 15 is 0 Å². The first-order valence-corrected chi connectivity index (χ1v) is 5.94. The largest absolute Gasteiger partial charge is 0.303 e. The van der Waals surface area contributed by atoms with Crippen molar-refractivity contribution in [2.45, 2.75) is 39.5 Å². The smallest absolute Gasteiger partial charge is 0.135 e. The van der Waals surface area contributed by atoms with Crippen molar-refractivity contribution in [2.75, 3.05) is 20.1 Å². The molecule has 0 aromatic heterocycles. The molecule has 0 aliphatic heterocycles. The second-order valence-electron chi connectivity index (χ2n) is 4.27. The molecule has 0 aromatic carbocycles. The lowest BCUT2D eigenvalue weighted by molar-refractivity contribution is -0.122.